The molecule has 1 aromatic heterocycles. The lowest BCUT2D eigenvalue weighted by Crippen LogP contribution is -2.40. The van der Waals surface area contributed by atoms with Crippen molar-refractivity contribution in [2.45, 2.75) is 38.1 Å². The molecule has 1 saturated heterocycles. The Labute approximate surface area is 179 Å². The van der Waals surface area contributed by atoms with Crippen LogP contribution >= 0.6 is 11.8 Å². The number of pyridine rings is 1. The van der Waals surface area contributed by atoms with Crippen LogP contribution in [-0.4, -0.2) is 40.0 Å². The zero-order valence-electron chi connectivity index (χ0n) is 16.7. The van der Waals surface area contributed by atoms with Crippen molar-refractivity contribution in [2.24, 2.45) is 4.99 Å². The molecule has 2 amide bonds. The first kappa shape index (κ1) is 19.1. The van der Waals surface area contributed by atoms with Crippen LogP contribution in [0.15, 0.2) is 58.7 Å². The molecule has 3 aliphatic rings. The van der Waals surface area contributed by atoms with E-state index in [4.69, 9.17) is 4.99 Å². The third kappa shape index (κ3) is 3.13. The molecule has 1 saturated carbocycles. The van der Waals surface area contributed by atoms with Gasteiger partial charge in [0, 0.05) is 24.8 Å². The number of carbonyl (C=O) groups excluding carboxylic acids is 2. The molecule has 3 heterocycles. The van der Waals surface area contributed by atoms with E-state index in [1.54, 1.807) is 24.3 Å². The first-order valence-corrected chi connectivity index (χ1v) is 11.1. The lowest BCUT2D eigenvalue weighted by Gasteiger charge is -2.30. The molecule has 0 spiro atoms. The summed E-state index contributed by atoms with van der Waals surface area (Å²) in [6.45, 7) is 0. The summed E-state index contributed by atoms with van der Waals surface area (Å²) >= 11 is 1.31. The summed E-state index contributed by atoms with van der Waals surface area (Å²) in [6.07, 6.45) is 8.73. The van der Waals surface area contributed by atoms with E-state index in [-0.39, 0.29) is 17.9 Å². The van der Waals surface area contributed by atoms with Crippen LogP contribution in [0.1, 0.15) is 37.7 Å². The van der Waals surface area contributed by atoms with E-state index in [9.17, 15) is 9.59 Å². The van der Waals surface area contributed by atoms with E-state index in [1.807, 2.05) is 41.3 Å². The standard InChI is InChI=1S/C23H22N4O2S/c1-26-18-12-6-5-11-17(18)19(21(26)28)20-22(29)27(16-9-3-2-4-10-16)23(30-20)25-15-8-7-13-24-14-15/h5-8,11-14,16H,2-4,9-10H2,1H3/b20-19-,25-23?. The van der Waals surface area contributed by atoms with Gasteiger partial charge in [0.2, 0.25) is 0 Å². The number of anilines is 1. The topological polar surface area (TPSA) is 65.9 Å². The van der Waals surface area contributed by atoms with Crippen LogP contribution in [0.5, 0.6) is 0 Å². The molecule has 1 aromatic carbocycles. The number of rotatable bonds is 2. The molecule has 1 aliphatic carbocycles. The van der Waals surface area contributed by atoms with Crippen molar-refractivity contribution in [1.29, 1.82) is 0 Å². The van der Waals surface area contributed by atoms with Crippen LogP contribution in [-0.2, 0) is 9.59 Å². The molecule has 0 bridgehead atoms. The number of nitrogens with zero attached hydrogens (tertiary/aromatic N) is 4. The maximum atomic E-state index is 13.6. The second kappa shape index (κ2) is 7.72. The van der Waals surface area contributed by atoms with Crippen LogP contribution in [0, 0.1) is 0 Å². The minimum absolute atomic E-state index is 0.108. The van der Waals surface area contributed by atoms with Crippen LogP contribution in [0.4, 0.5) is 11.4 Å². The van der Waals surface area contributed by atoms with Crippen molar-refractivity contribution in [3.05, 3.63) is 59.3 Å². The van der Waals surface area contributed by atoms with E-state index >= 15 is 0 Å². The van der Waals surface area contributed by atoms with Gasteiger partial charge in [0.05, 0.1) is 28.0 Å². The fourth-order valence-corrected chi connectivity index (χ4v) is 5.54. The highest BCUT2D eigenvalue weighted by atomic mass is 32.2. The number of amidine groups is 1. The molecule has 2 aliphatic heterocycles. The van der Waals surface area contributed by atoms with Crippen molar-refractivity contribution in [3.63, 3.8) is 0 Å². The number of hydrogen-bond donors (Lipinski definition) is 0. The molecule has 2 fully saturated rings. The maximum Gasteiger partial charge on any atom is 0.267 e. The highest BCUT2D eigenvalue weighted by molar-refractivity contribution is 8.18. The monoisotopic (exact) mass is 418 g/mol. The average Bonchev–Trinajstić information content (AvgIpc) is 3.23. The quantitative estimate of drug-likeness (QED) is 0.680. The van der Waals surface area contributed by atoms with Gasteiger partial charge in [0.25, 0.3) is 11.8 Å². The maximum absolute atomic E-state index is 13.6. The van der Waals surface area contributed by atoms with Crippen LogP contribution in [0.25, 0.3) is 5.57 Å². The van der Waals surface area contributed by atoms with Crippen molar-refractivity contribution in [1.82, 2.24) is 9.88 Å². The number of likely N-dealkylation sites (N-methyl/N-ethyl adjacent to an activating group) is 1. The number of benzene rings is 1. The SMILES string of the molecule is CN1C(=O)/C(=C2\SC(=Nc3cccnc3)N(C3CCCCC3)C2=O)c2ccccc21. The Hall–Kier alpha value is -2.93. The van der Waals surface area contributed by atoms with Crippen molar-refractivity contribution in [3.8, 4) is 0 Å². The number of aromatic nitrogens is 1. The number of carbonyl (C=O) groups is 2. The first-order valence-electron chi connectivity index (χ1n) is 10.3. The van der Waals surface area contributed by atoms with Crippen LogP contribution in [0.2, 0.25) is 0 Å². The first-order chi connectivity index (χ1) is 14.6. The van der Waals surface area contributed by atoms with Crippen molar-refractivity contribution >= 4 is 45.7 Å². The average molecular weight is 419 g/mol. The molecule has 6 nitrogen and oxygen atoms in total. The molecular formula is C23H22N4O2S. The highest BCUT2D eigenvalue weighted by Crippen LogP contribution is 2.45. The minimum atomic E-state index is -0.140. The lowest BCUT2D eigenvalue weighted by atomic mass is 9.94. The van der Waals surface area contributed by atoms with E-state index in [0.717, 1.165) is 36.9 Å². The Kier molecular flexibility index (Phi) is 4.90. The summed E-state index contributed by atoms with van der Waals surface area (Å²) in [4.78, 5) is 39.5. The van der Waals surface area contributed by atoms with E-state index in [2.05, 4.69) is 4.98 Å². The Morgan fingerprint density at radius 3 is 2.60 bits per heavy atom. The van der Waals surface area contributed by atoms with Gasteiger partial charge in [-0.05, 0) is 42.8 Å². The van der Waals surface area contributed by atoms with Gasteiger partial charge in [-0.15, -0.1) is 0 Å². The number of amides is 2. The lowest BCUT2D eigenvalue weighted by molar-refractivity contribution is -0.124. The molecule has 5 rings (SSSR count). The molecule has 30 heavy (non-hydrogen) atoms. The molecule has 7 heteroatoms. The largest absolute Gasteiger partial charge is 0.311 e. The predicted octanol–water partition coefficient (Wildman–Crippen LogP) is 4.36. The van der Waals surface area contributed by atoms with Gasteiger partial charge in [0.15, 0.2) is 5.17 Å². The summed E-state index contributed by atoms with van der Waals surface area (Å²) in [5.41, 5.74) is 2.84. The molecule has 0 atom stereocenters. The Balaban J connectivity index is 1.63. The second-order valence-electron chi connectivity index (χ2n) is 7.76. The number of hydrogen-bond acceptors (Lipinski definition) is 5. The number of thioether (sulfide) groups is 1. The summed E-state index contributed by atoms with van der Waals surface area (Å²) in [5.74, 6) is -0.249. The fourth-order valence-electron chi connectivity index (χ4n) is 4.40. The van der Waals surface area contributed by atoms with Gasteiger partial charge >= 0.3 is 0 Å². The summed E-state index contributed by atoms with van der Waals surface area (Å²) < 4.78 is 0. The predicted molar refractivity (Wildman–Crippen MR) is 119 cm³/mol. The summed E-state index contributed by atoms with van der Waals surface area (Å²) in [6, 6.07) is 11.5. The van der Waals surface area contributed by atoms with Crippen LogP contribution < -0.4 is 4.90 Å². The third-order valence-corrected chi connectivity index (χ3v) is 6.96. The van der Waals surface area contributed by atoms with Gasteiger partial charge in [-0.3, -0.25) is 19.5 Å². The zero-order chi connectivity index (χ0) is 20.7. The van der Waals surface area contributed by atoms with E-state index < -0.39 is 0 Å². The minimum Gasteiger partial charge on any atom is -0.311 e. The van der Waals surface area contributed by atoms with Gasteiger partial charge in [-0.2, -0.15) is 0 Å². The Bertz CT molecular complexity index is 1070. The van der Waals surface area contributed by atoms with Gasteiger partial charge in [-0.25, -0.2) is 4.99 Å². The molecule has 152 valence electrons. The van der Waals surface area contributed by atoms with Crippen molar-refractivity contribution in [2.75, 3.05) is 11.9 Å². The molecule has 2 aromatic rings. The second-order valence-corrected chi connectivity index (χ2v) is 8.74. The van der Waals surface area contributed by atoms with Gasteiger partial charge < -0.3 is 4.90 Å². The molecule has 0 radical (unpaired) electrons. The normalized spacial score (nSPS) is 23.6. The van der Waals surface area contributed by atoms with Gasteiger partial charge in [-0.1, -0.05) is 37.5 Å². The molecule has 0 N–H and O–H groups in total. The summed E-state index contributed by atoms with van der Waals surface area (Å²) in [5, 5.41) is 0.641. The number of aliphatic imine (C=N–C) groups is 1. The van der Waals surface area contributed by atoms with Crippen molar-refractivity contribution < 1.29 is 9.59 Å². The number of para-hydroxylation sites is 1. The fraction of sp³-hybridized carbons (Fsp3) is 0.304. The smallest absolute Gasteiger partial charge is 0.267 e. The Morgan fingerprint density at radius 2 is 1.83 bits per heavy atom. The van der Waals surface area contributed by atoms with Crippen LogP contribution in [0.3, 0.4) is 0 Å². The third-order valence-electron chi connectivity index (χ3n) is 5.90. The summed E-state index contributed by atoms with van der Waals surface area (Å²) in [7, 11) is 1.75. The zero-order valence-corrected chi connectivity index (χ0v) is 17.6. The van der Waals surface area contributed by atoms with E-state index in [0.29, 0.717) is 21.3 Å². The molecule has 0 unspecified atom stereocenters. The Morgan fingerprint density at radius 1 is 1.03 bits per heavy atom. The highest BCUT2D eigenvalue weighted by Gasteiger charge is 2.44. The molecular weight excluding hydrogens is 396 g/mol. The number of fused-ring (bicyclic) bond motifs is 1. The van der Waals surface area contributed by atoms with E-state index in [1.165, 1.54) is 18.2 Å². The van der Waals surface area contributed by atoms with Gasteiger partial charge in [0.1, 0.15) is 0 Å².